The number of fused-ring (bicyclic) bond motifs is 1. The molecule has 2 heteroatoms. The molecule has 1 aromatic rings. The van der Waals surface area contributed by atoms with E-state index in [1.807, 2.05) is 6.20 Å². The molecule has 0 N–H and O–H groups in total. The van der Waals surface area contributed by atoms with Crippen LogP contribution in [-0.2, 0) is 6.42 Å². The van der Waals surface area contributed by atoms with Crippen LogP contribution in [0.5, 0.6) is 0 Å². The molecule has 2 heterocycles. The molecule has 0 atom stereocenters. The maximum Gasteiger partial charge on any atom is 0.131 e. The molecule has 58 valence electrons. The topological polar surface area (TPSA) is 16.1 Å². The standard InChI is InChI=1S/C9H12N2/c1-7-5-8-3-4-11(2)9(8)10-6-7/h5-6H,3-4H2,1-2H3. The lowest BCUT2D eigenvalue weighted by Gasteiger charge is -2.09. The summed E-state index contributed by atoms with van der Waals surface area (Å²) in [7, 11) is 2.09. The molecule has 0 bridgehead atoms. The second-order valence-electron chi connectivity index (χ2n) is 3.17. The van der Waals surface area contributed by atoms with Crippen LogP contribution in [0.15, 0.2) is 12.3 Å². The molecule has 0 aromatic carbocycles. The number of aryl methyl sites for hydroxylation is 1. The summed E-state index contributed by atoms with van der Waals surface area (Å²) in [6.45, 7) is 3.21. The monoisotopic (exact) mass is 148 g/mol. The fourth-order valence-corrected chi connectivity index (χ4v) is 1.54. The van der Waals surface area contributed by atoms with Crippen LogP contribution in [0, 0.1) is 6.92 Å². The quantitative estimate of drug-likeness (QED) is 0.552. The van der Waals surface area contributed by atoms with Gasteiger partial charge in [-0.2, -0.15) is 0 Å². The lowest BCUT2D eigenvalue weighted by molar-refractivity contribution is 0.945. The number of hydrogen-bond donors (Lipinski definition) is 0. The highest BCUT2D eigenvalue weighted by atomic mass is 15.2. The summed E-state index contributed by atoms with van der Waals surface area (Å²) in [5.74, 6) is 1.16. The summed E-state index contributed by atoms with van der Waals surface area (Å²) in [5.41, 5.74) is 2.66. The Hall–Kier alpha value is -1.05. The molecule has 2 rings (SSSR count). The largest absolute Gasteiger partial charge is 0.359 e. The van der Waals surface area contributed by atoms with Crippen LogP contribution < -0.4 is 4.90 Å². The van der Waals surface area contributed by atoms with Crippen molar-refractivity contribution in [1.82, 2.24) is 4.98 Å². The summed E-state index contributed by atoms with van der Waals surface area (Å²) in [6, 6.07) is 2.23. The molecule has 1 aromatic heterocycles. The maximum atomic E-state index is 4.37. The van der Waals surface area contributed by atoms with Crippen molar-refractivity contribution < 1.29 is 0 Å². The number of aromatic nitrogens is 1. The van der Waals surface area contributed by atoms with Gasteiger partial charge in [-0.15, -0.1) is 0 Å². The first-order valence-corrected chi connectivity index (χ1v) is 3.94. The number of hydrogen-bond acceptors (Lipinski definition) is 2. The SMILES string of the molecule is Cc1cnc2c(c1)CCN2C. The van der Waals surface area contributed by atoms with E-state index in [1.165, 1.54) is 11.1 Å². The van der Waals surface area contributed by atoms with E-state index in [-0.39, 0.29) is 0 Å². The zero-order chi connectivity index (χ0) is 7.84. The Labute approximate surface area is 66.9 Å². The molecule has 0 spiro atoms. The molecule has 0 saturated heterocycles. The van der Waals surface area contributed by atoms with Crippen LogP contribution in [0.3, 0.4) is 0 Å². The third kappa shape index (κ3) is 0.985. The fraction of sp³-hybridized carbons (Fsp3) is 0.444. The Kier molecular flexibility index (Phi) is 1.34. The zero-order valence-electron chi connectivity index (χ0n) is 6.96. The van der Waals surface area contributed by atoms with Crippen molar-refractivity contribution in [2.24, 2.45) is 0 Å². The minimum Gasteiger partial charge on any atom is -0.359 e. The first-order chi connectivity index (χ1) is 5.27. The van der Waals surface area contributed by atoms with Gasteiger partial charge < -0.3 is 4.90 Å². The Morgan fingerprint density at radius 1 is 1.55 bits per heavy atom. The van der Waals surface area contributed by atoms with Crippen LogP contribution in [0.25, 0.3) is 0 Å². The van der Waals surface area contributed by atoms with Gasteiger partial charge in [0.15, 0.2) is 0 Å². The van der Waals surface area contributed by atoms with E-state index >= 15 is 0 Å². The third-order valence-electron chi connectivity index (χ3n) is 2.16. The molecular formula is C9H12N2. The van der Waals surface area contributed by atoms with E-state index in [2.05, 4.69) is 29.9 Å². The fourth-order valence-electron chi connectivity index (χ4n) is 1.54. The van der Waals surface area contributed by atoms with Crippen LogP contribution in [0.2, 0.25) is 0 Å². The predicted octanol–water partition coefficient (Wildman–Crippen LogP) is 1.38. The Morgan fingerprint density at radius 2 is 2.36 bits per heavy atom. The lowest BCUT2D eigenvalue weighted by Crippen LogP contribution is -2.13. The van der Waals surface area contributed by atoms with E-state index in [0.29, 0.717) is 0 Å². The molecule has 0 fully saturated rings. The first kappa shape index (κ1) is 6.65. The lowest BCUT2D eigenvalue weighted by atomic mass is 10.2. The van der Waals surface area contributed by atoms with Crippen LogP contribution in [0.1, 0.15) is 11.1 Å². The second-order valence-corrected chi connectivity index (χ2v) is 3.17. The number of likely N-dealkylation sites (N-methyl/N-ethyl adjacent to an activating group) is 1. The van der Waals surface area contributed by atoms with Gasteiger partial charge in [0.25, 0.3) is 0 Å². The van der Waals surface area contributed by atoms with Crippen molar-refractivity contribution in [2.75, 3.05) is 18.5 Å². The van der Waals surface area contributed by atoms with Gasteiger partial charge in [-0.25, -0.2) is 4.98 Å². The van der Waals surface area contributed by atoms with Gasteiger partial charge in [0.1, 0.15) is 5.82 Å². The molecule has 0 aliphatic carbocycles. The predicted molar refractivity (Wildman–Crippen MR) is 45.9 cm³/mol. The van der Waals surface area contributed by atoms with E-state index in [9.17, 15) is 0 Å². The summed E-state index contributed by atoms with van der Waals surface area (Å²) in [4.78, 5) is 6.57. The molecule has 0 unspecified atom stereocenters. The maximum absolute atomic E-state index is 4.37. The summed E-state index contributed by atoms with van der Waals surface area (Å²) in [6.07, 6.45) is 3.08. The summed E-state index contributed by atoms with van der Waals surface area (Å²) >= 11 is 0. The van der Waals surface area contributed by atoms with Crippen molar-refractivity contribution in [2.45, 2.75) is 13.3 Å². The van der Waals surface area contributed by atoms with Crippen molar-refractivity contribution >= 4 is 5.82 Å². The van der Waals surface area contributed by atoms with Crippen LogP contribution in [-0.4, -0.2) is 18.6 Å². The number of anilines is 1. The van der Waals surface area contributed by atoms with Crippen molar-refractivity contribution in [3.8, 4) is 0 Å². The Morgan fingerprint density at radius 3 is 3.18 bits per heavy atom. The number of rotatable bonds is 0. The van der Waals surface area contributed by atoms with Gasteiger partial charge >= 0.3 is 0 Å². The Bertz CT molecular complexity index is 281. The summed E-state index contributed by atoms with van der Waals surface area (Å²) < 4.78 is 0. The zero-order valence-corrected chi connectivity index (χ0v) is 6.96. The average molecular weight is 148 g/mol. The van der Waals surface area contributed by atoms with Gasteiger partial charge in [-0.3, -0.25) is 0 Å². The van der Waals surface area contributed by atoms with E-state index in [0.717, 1.165) is 18.8 Å². The van der Waals surface area contributed by atoms with E-state index < -0.39 is 0 Å². The first-order valence-electron chi connectivity index (χ1n) is 3.94. The van der Waals surface area contributed by atoms with Crippen molar-refractivity contribution in [1.29, 1.82) is 0 Å². The van der Waals surface area contributed by atoms with Crippen molar-refractivity contribution in [3.05, 3.63) is 23.4 Å². The Balaban J connectivity index is 2.50. The molecule has 1 aliphatic heterocycles. The van der Waals surface area contributed by atoms with Gasteiger partial charge in [0.05, 0.1) is 0 Å². The molecule has 0 saturated carbocycles. The van der Waals surface area contributed by atoms with E-state index in [1.54, 1.807) is 0 Å². The molecule has 0 radical (unpaired) electrons. The van der Waals surface area contributed by atoms with Gasteiger partial charge in [0, 0.05) is 19.8 Å². The highest BCUT2D eigenvalue weighted by molar-refractivity contribution is 5.51. The minimum absolute atomic E-state index is 1.12. The average Bonchev–Trinajstić information content (AvgIpc) is 2.32. The number of pyridine rings is 1. The number of nitrogens with zero attached hydrogens (tertiary/aromatic N) is 2. The molecule has 11 heavy (non-hydrogen) atoms. The van der Waals surface area contributed by atoms with Crippen LogP contribution >= 0.6 is 0 Å². The van der Waals surface area contributed by atoms with Gasteiger partial charge in [0.2, 0.25) is 0 Å². The summed E-state index contributed by atoms with van der Waals surface area (Å²) in [5, 5.41) is 0. The molecular weight excluding hydrogens is 136 g/mol. The van der Waals surface area contributed by atoms with Gasteiger partial charge in [-0.1, -0.05) is 6.07 Å². The second kappa shape index (κ2) is 2.22. The smallest absolute Gasteiger partial charge is 0.131 e. The highest BCUT2D eigenvalue weighted by Crippen LogP contribution is 2.23. The van der Waals surface area contributed by atoms with Gasteiger partial charge in [-0.05, 0) is 24.5 Å². The highest BCUT2D eigenvalue weighted by Gasteiger charge is 2.15. The molecule has 0 amide bonds. The molecule has 1 aliphatic rings. The normalized spacial score (nSPS) is 15.3. The van der Waals surface area contributed by atoms with Crippen LogP contribution in [0.4, 0.5) is 5.82 Å². The molecule has 2 nitrogen and oxygen atoms in total. The van der Waals surface area contributed by atoms with E-state index in [4.69, 9.17) is 0 Å². The minimum atomic E-state index is 1.12. The third-order valence-corrected chi connectivity index (χ3v) is 2.16. The van der Waals surface area contributed by atoms with Crippen molar-refractivity contribution in [3.63, 3.8) is 0 Å².